The number of imidazole rings is 1. The Balaban J connectivity index is 1.29. The van der Waals surface area contributed by atoms with Crippen LogP contribution in [0.2, 0.25) is 0 Å². The summed E-state index contributed by atoms with van der Waals surface area (Å²) < 4.78 is 90.7. The van der Waals surface area contributed by atoms with E-state index in [1.165, 1.54) is 4.90 Å². The Labute approximate surface area is 246 Å². The summed E-state index contributed by atoms with van der Waals surface area (Å²) in [6.07, 6.45) is -6.24. The van der Waals surface area contributed by atoms with E-state index in [9.17, 15) is 35.9 Å². The average molecular weight is 630 g/mol. The van der Waals surface area contributed by atoms with Crippen molar-refractivity contribution in [2.24, 2.45) is 5.92 Å². The number of nitrogens with zero attached hydrogens (tertiary/aromatic N) is 4. The van der Waals surface area contributed by atoms with Crippen LogP contribution >= 0.6 is 0 Å². The van der Waals surface area contributed by atoms with Crippen LogP contribution in [0.1, 0.15) is 85.1 Å². The molecule has 3 heterocycles. The van der Waals surface area contributed by atoms with Crippen molar-refractivity contribution < 1.29 is 45.3 Å². The molecule has 6 rings (SSSR count). The van der Waals surface area contributed by atoms with Gasteiger partial charge in [-0.15, -0.1) is 0 Å². The number of urea groups is 1. The topological polar surface area (TPSA) is 138 Å². The molecule has 2 aromatic heterocycles. The number of H-pyrrole nitrogens is 1. The summed E-state index contributed by atoms with van der Waals surface area (Å²) in [5.41, 5.74) is -0.909. The molecule has 1 saturated heterocycles. The fraction of sp³-hybridized carbons (Fsp3) is 0.593. The summed E-state index contributed by atoms with van der Waals surface area (Å²) in [5.74, 6) is -0.684. The van der Waals surface area contributed by atoms with E-state index in [0.717, 1.165) is 39.5 Å². The number of carbonyl (C=O) groups excluding carboxylic acids is 2. The van der Waals surface area contributed by atoms with Crippen LogP contribution in [0.4, 0.5) is 31.1 Å². The van der Waals surface area contributed by atoms with Gasteiger partial charge in [0.1, 0.15) is 23.6 Å². The van der Waals surface area contributed by atoms with Gasteiger partial charge in [-0.1, -0.05) is 11.2 Å². The number of ether oxygens (including phenoxy) is 1. The number of fused-ring (bicyclic) bond motifs is 1. The number of alkyl halides is 6. The van der Waals surface area contributed by atoms with Crippen LogP contribution in [0, 0.1) is 5.92 Å². The van der Waals surface area contributed by atoms with Gasteiger partial charge in [-0.3, -0.25) is 4.79 Å². The van der Waals surface area contributed by atoms with Crippen molar-refractivity contribution in [2.75, 3.05) is 13.2 Å². The zero-order valence-electron chi connectivity index (χ0n) is 23.6. The molecule has 1 aromatic carbocycles. The summed E-state index contributed by atoms with van der Waals surface area (Å²) >= 11 is 0. The first-order chi connectivity index (χ1) is 20.6. The Kier molecular flexibility index (Phi) is 7.28. The molecule has 0 spiro atoms. The van der Waals surface area contributed by atoms with E-state index >= 15 is 0 Å². The SMILES string of the molecule is CC(C)(OC[C@H](NC(=O)c1nonc1C1CC1)c1nc2ccc([C@@H](C3CC3)N3C[C@@H](C(F)(F)F)NC3=O)cc2[nH]1)C(F)(F)F. The molecule has 2 saturated carbocycles. The standard InChI is InChI=1S/C27H29F6N7O4/c1-25(2,27(31,32)33)43-11-17(36-23(41)20-19(12-3-4-12)38-44-39-20)22-34-15-8-7-14(9-16(15)35-22)21(13-5-6-13)40-10-18(26(28,29)30)37-24(40)42/h7-9,12-13,17-18,21H,3-6,10-11H2,1-2H3,(H,34,35)(H,36,41)(H,37,42)/t17-,18-,21+/m0/s1. The maximum atomic E-state index is 13.6. The molecule has 3 amide bonds. The lowest BCUT2D eigenvalue weighted by molar-refractivity contribution is -0.265. The van der Waals surface area contributed by atoms with Crippen LogP contribution in [0.25, 0.3) is 11.0 Å². The summed E-state index contributed by atoms with van der Waals surface area (Å²) in [7, 11) is 0. The molecule has 3 aliphatic rings. The van der Waals surface area contributed by atoms with E-state index in [1.54, 1.807) is 18.2 Å². The van der Waals surface area contributed by atoms with Gasteiger partial charge in [-0.05, 0) is 68.3 Å². The van der Waals surface area contributed by atoms with Crippen molar-refractivity contribution in [3.8, 4) is 0 Å². The van der Waals surface area contributed by atoms with E-state index in [2.05, 4.69) is 25.6 Å². The van der Waals surface area contributed by atoms with E-state index in [1.807, 2.05) is 5.32 Å². The number of benzene rings is 1. The molecular weight excluding hydrogens is 600 g/mol. The van der Waals surface area contributed by atoms with Gasteiger partial charge in [0.05, 0.1) is 30.2 Å². The fourth-order valence-corrected chi connectivity index (χ4v) is 5.26. The highest BCUT2D eigenvalue weighted by Gasteiger charge is 2.51. The molecule has 1 aliphatic heterocycles. The lowest BCUT2D eigenvalue weighted by atomic mass is 10.00. The van der Waals surface area contributed by atoms with Gasteiger partial charge in [-0.25, -0.2) is 14.4 Å². The molecule has 0 bridgehead atoms. The van der Waals surface area contributed by atoms with Gasteiger partial charge in [0.2, 0.25) is 0 Å². The summed E-state index contributed by atoms with van der Waals surface area (Å²) in [6.45, 7) is 0.571. The number of amides is 3. The van der Waals surface area contributed by atoms with E-state index in [4.69, 9.17) is 9.37 Å². The Hall–Kier alpha value is -3.89. The Morgan fingerprint density at radius 2 is 1.86 bits per heavy atom. The van der Waals surface area contributed by atoms with Crippen molar-refractivity contribution in [1.29, 1.82) is 0 Å². The first-order valence-electron chi connectivity index (χ1n) is 14.1. The van der Waals surface area contributed by atoms with Crippen LogP contribution in [-0.2, 0) is 4.74 Å². The normalized spacial score (nSPS) is 21.0. The van der Waals surface area contributed by atoms with Crippen LogP contribution in [0.15, 0.2) is 22.8 Å². The minimum atomic E-state index is -4.70. The predicted octanol–water partition coefficient (Wildman–Crippen LogP) is 5.06. The average Bonchev–Trinajstić information content (AvgIpc) is 3.82. The maximum Gasteiger partial charge on any atom is 0.416 e. The van der Waals surface area contributed by atoms with Crippen molar-refractivity contribution in [1.82, 2.24) is 35.8 Å². The van der Waals surface area contributed by atoms with Gasteiger partial charge in [0.15, 0.2) is 11.3 Å². The predicted molar refractivity (Wildman–Crippen MR) is 139 cm³/mol. The molecular formula is C27H29F6N7O4. The van der Waals surface area contributed by atoms with Crippen LogP contribution in [0.5, 0.6) is 0 Å². The number of carbonyl (C=O) groups is 2. The number of nitrogens with one attached hydrogen (secondary N) is 3. The number of hydrogen-bond donors (Lipinski definition) is 3. The Morgan fingerprint density at radius 1 is 1.14 bits per heavy atom. The zero-order valence-corrected chi connectivity index (χ0v) is 23.6. The van der Waals surface area contributed by atoms with E-state index < -0.39 is 61.2 Å². The van der Waals surface area contributed by atoms with Gasteiger partial charge >= 0.3 is 18.4 Å². The molecule has 44 heavy (non-hydrogen) atoms. The molecule has 3 fully saturated rings. The number of halogens is 6. The smallest absolute Gasteiger partial charge is 0.364 e. The van der Waals surface area contributed by atoms with Crippen LogP contribution < -0.4 is 10.6 Å². The largest absolute Gasteiger partial charge is 0.416 e. The van der Waals surface area contributed by atoms with Gasteiger partial charge in [0.25, 0.3) is 5.91 Å². The molecule has 3 N–H and O–H groups in total. The summed E-state index contributed by atoms with van der Waals surface area (Å²) in [5, 5.41) is 12.1. The number of hydrogen-bond acceptors (Lipinski definition) is 7. The second-order valence-electron chi connectivity index (χ2n) is 12.0. The maximum absolute atomic E-state index is 13.6. The molecule has 238 valence electrons. The van der Waals surface area contributed by atoms with Crippen LogP contribution in [0.3, 0.4) is 0 Å². The third-order valence-corrected chi connectivity index (χ3v) is 8.22. The van der Waals surface area contributed by atoms with Gasteiger partial charge < -0.3 is 25.3 Å². The quantitative estimate of drug-likeness (QED) is 0.267. The minimum Gasteiger partial charge on any atom is -0.364 e. The molecule has 3 aromatic rings. The molecule has 0 radical (unpaired) electrons. The second-order valence-corrected chi connectivity index (χ2v) is 12.0. The van der Waals surface area contributed by atoms with E-state index in [-0.39, 0.29) is 23.4 Å². The van der Waals surface area contributed by atoms with Crippen molar-refractivity contribution in [3.63, 3.8) is 0 Å². The molecule has 11 nitrogen and oxygen atoms in total. The first kappa shape index (κ1) is 30.1. The minimum absolute atomic E-state index is 0.00833. The monoisotopic (exact) mass is 629 g/mol. The van der Waals surface area contributed by atoms with Crippen molar-refractivity contribution in [3.05, 3.63) is 41.0 Å². The van der Waals surface area contributed by atoms with Crippen molar-refractivity contribution >= 4 is 23.0 Å². The fourth-order valence-electron chi connectivity index (χ4n) is 5.26. The highest BCUT2D eigenvalue weighted by molar-refractivity contribution is 5.93. The third kappa shape index (κ3) is 5.93. The van der Waals surface area contributed by atoms with Crippen LogP contribution in [-0.4, -0.2) is 74.3 Å². The Morgan fingerprint density at radius 3 is 2.48 bits per heavy atom. The molecule has 3 atom stereocenters. The highest BCUT2D eigenvalue weighted by Crippen LogP contribution is 2.46. The van der Waals surface area contributed by atoms with E-state index in [0.29, 0.717) is 22.3 Å². The highest BCUT2D eigenvalue weighted by atomic mass is 19.4. The number of aromatic nitrogens is 4. The molecule has 17 heteroatoms. The van der Waals surface area contributed by atoms with Crippen molar-refractivity contribution in [2.45, 2.75) is 81.5 Å². The lowest BCUT2D eigenvalue weighted by Crippen LogP contribution is -2.44. The lowest BCUT2D eigenvalue weighted by Gasteiger charge is -2.29. The summed E-state index contributed by atoms with van der Waals surface area (Å²) in [6, 6.07) is 0.296. The first-order valence-corrected chi connectivity index (χ1v) is 14.1. The zero-order chi connectivity index (χ0) is 31.6. The Bertz CT molecular complexity index is 1560. The molecule has 0 unspecified atom stereocenters. The second kappa shape index (κ2) is 10.6. The number of rotatable bonds is 10. The third-order valence-electron chi connectivity index (χ3n) is 8.22. The molecule has 2 aliphatic carbocycles. The summed E-state index contributed by atoms with van der Waals surface area (Å²) in [4.78, 5) is 34.4. The van der Waals surface area contributed by atoms with Gasteiger partial charge in [-0.2, -0.15) is 26.3 Å². The van der Waals surface area contributed by atoms with Gasteiger partial charge in [0, 0.05) is 5.92 Å². The number of aromatic amines is 1.